The fraction of sp³-hybridized carbons (Fsp3) is 0.400. The van der Waals surface area contributed by atoms with E-state index in [-0.39, 0.29) is 11.9 Å². The van der Waals surface area contributed by atoms with Crippen molar-refractivity contribution >= 4 is 17.2 Å². The van der Waals surface area contributed by atoms with Gasteiger partial charge in [-0.05, 0) is 25.3 Å². The van der Waals surface area contributed by atoms with Crippen LogP contribution in [0.1, 0.15) is 33.1 Å². The molecule has 1 fully saturated rings. The van der Waals surface area contributed by atoms with Crippen LogP contribution in [0.2, 0.25) is 0 Å². The summed E-state index contributed by atoms with van der Waals surface area (Å²) in [6.07, 6.45) is 1.71. The molecule has 0 saturated carbocycles. The van der Waals surface area contributed by atoms with Crippen molar-refractivity contribution in [3.8, 4) is 0 Å². The molecule has 3 aromatic rings. The molecule has 0 spiro atoms. The summed E-state index contributed by atoms with van der Waals surface area (Å²) in [6.45, 7) is 5.69. The molecule has 124 valence electrons. The molecule has 0 atom stereocenters. The van der Waals surface area contributed by atoms with Crippen molar-refractivity contribution in [2.45, 2.75) is 26.4 Å². The first kappa shape index (κ1) is 15.0. The summed E-state index contributed by atoms with van der Waals surface area (Å²) in [5.41, 5.74) is 0.386. The van der Waals surface area contributed by atoms with Crippen LogP contribution in [0.5, 0.6) is 0 Å². The first-order chi connectivity index (χ1) is 11.6. The monoisotopic (exact) mass is 343 g/mol. The van der Waals surface area contributed by atoms with Gasteiger partial charge in [-0.25, -0.2) is 14.3 Å². The average Bonchev–Trinajstić information content (AvgIpc) is 3.21. The third-order valence-corrected chi connectivity index (χ3v) is 4.92. The van der Waals surface area contributed by atoms with Gasteiger partial charge in [0.2, 0.25) is 0 Å². The maximum absolute atomic E-state index is 12.5. The number of amides is 1. The van der Waals surface area contributed by atoms with Crippen molar-refractivity contribution in [2.75, 3.05) is 13.1 Å². The molecule has 4 rings (SSSR count). The van der Waals surface area contributed by atoms with E-state index in [2.05, 4.69) is 20.4 Å². The summed E-state index contributed by atoms with van der Waals surface area (Å²) in [5.74, 6) is 1.55. The third-order valence-electron chi connectivity index (χ3n) is 4.06. The Morgan fingerprint density at radius 2 is 2.21 bits per heavy atom. The van der Waals surface area contributed by atoms with Gasteiger partial charge in [-0.2, -0.15) is 5.10 Å². The molecule has 8 nitrogen and oxygen atoms in total. The van der Waals surface area contributed by atoms with Crippen molar-refractivity contribution in [3.05, 3.63) is 45.9 Å². The molecule has 9 heteroatoms. The minimum absolute atomic E-state index is 0.0850. The van der Waals surface area contributed by atoms with Gasteiger partial charge >= 0.3 is 0 Å². The van der Waals surface area contributed by atoms with Gasteiger partial charge < -0.3 is 4.90 Å². The van der Waals surface area contributed by atoms with Crippen molar-refractivity contribution in [1.82, 2.24) is 34.7 Å². The van der Waals surface area contributed by atoms with Crippen LogP contribution in [0.3, 0.4) is 0 Å². The lowest BCUT2D eigenvalue weighted by molar-refractivity contribution is 0.0490. The average molecular weight is 343 g/mol. The van der Waals surface area contributed by atoms with E-state index in [0.717, 1.165) is 11.6 Å². The summed E-state index contributed by atoms with van der Waals surface area (Å²) < 4.78 is 3.59. The number of likely N-dealkylation sites (tertiary alicyclic amines) is 1. The Hall–Kier alpha value is -2.55. The SMILES string of the molecule is Cc1nc(C)n(C2CN(C(=O)c3cn(Cc4cccs4)nn3)C2)n1. The van der Waals surface area contributed by atoms with Crippen LogP contribution in [-0.2, 0) is 6.54 Å². The normalized spacial score (nSPS) is 14.8. The Morgan fingerprint density at radius 1 is 1.38 bits per heavy atom. The molecule has 1 aliphatic heterocycles. The summed E-state index contributed by atoms with van der Waals surface area (Å²) in [5, 5.41) is 14.5. The van der Waals surface area contributed by atoms with Crippen molar-refractivity contribution in [2.24, 2.45) is 0 Å². The van der Waals surface area contributed by atoms with E-state index in [1.54, 1.807) is 27.1 Å². The van der Waals surface area contributed by atoms with E-state index in [1.165, 1.54) is 4.88 Å². The predicted octanol–water partition coefficient (Wildman–Crippen LogP) is 1.29. The summed E-state index contributed by atoms with van der Waals surface area (Å²) in [7, 11) is 0. The standard InChI is InChI=1S/C15H17N7OS/c1-10-16-11(2)22(18-10)12-6-20(7-12)15(23)14-9-21(19-17-14)8-13-4-3-5-24-13/h3-5,9,12H,6-8H2,1-2H3. The van der Waals surface area contributed by atoms with E-state index in [1.807, 2.05) is 36.0 Å². The first-order valence-corrected chi connectivity index (χ1v) is 8.59. The predicted molar refractivity (Wildman–Crippen MR) is 87.9 cm³/mol. The molecule has 4 heterocycles. The Bertz CT molecular complexity index is 860. The van der Waals surface area contributed by atoms with Crippen molar-refractivity contribution < 1.29 is 4.79 Å². The van der Waals surface area contributed by atoms with Gasteiger partial charge in [0.05, 0.1) is 18.8 Å². The number of carbonyl (C=O) groups is 1. The second-order valence-electron chi connectivity index (χ2n) is 5.90. The largest absolute Gasteiger partial charge is 0.333 e. The number of hydrogen-bond acceptors (Lipinski definition) is 6. The minimum atomic E-state index is -0.0850. The second-order valence-corrected chi connectivity index (χ2v) is 6.93. The van der Waals surface area contributed by atoms with E-state index in [4.69, 9.17) is 0 Å². The van der Waals surface area contributed by atoms with Crippen LogP contribution in [0, 0.1) is 13.8 Å². The molecule has 0 aromatic carbocycles. The quantitative estimate of drug-likeness (QED) is 0.713. The lowest BCUT2D eigenvalue weighted by Gasteiger charge is -2.38. The van der Waals surface area contributed by atoms with Gasteiger partial charge in [0.1, 0.15) is 11.6 Å². The molecule has 1 aliphatic rings. The Morgan fingerprint density at radius 3 is 2.88 bits per heavy atom. The molecule has 0 aliphatic carbocycles. The maximum Gasteiger partial charge on any atom is 0.276 e. The van der Waals surface area contributed by atoms with Crippen LogP contribution in [0.4, 0.5) is 0 Å². The fourth-order valence-electron chi connectivity index (χ4n) is 2.86. The molecule has 0 bridgehead atoms. The molecule has 0 radical (unpaired) electrons. The number of carbonyl (C=O) groups excluding carboxylic acids is 1. The zero-order valence-corrected chi connectivity index (χ0v) is 14.3. The van der Waals surface area contributed by atoms with E-state index < -0.39 is 0 Å². The zero-order valence-electron chi connectivity index (χ0n) is 13.5. The highest BCUT2D eigenvalue weighted by Gasteiger charge is 2.35. The number of nitrogens with zero attached hydrogens (tertiary/aromatic N) is 7. The smallest absolute Gasteiger partial charge is 0.276 e. The van der Waals surface area contributed by atoms with Gasteiger partial charge in [-0.1, -0.05) is 11.3 Å². The second kappa shape index (κ2) is 5.82. The van der Waals surface area contributed by atoms with E-state index in [9.17, 15) is 4.79 Å². The van der Waals surface area contributed by atoms with Crippen molar-refractivity contribution in [3.63, 3.8) is 0 Å². The van der Waals surface area contributed by atoms with Crippen LogP contribution < -0.4 is 0 Å². The van der Waals surface area contributed by atoms with Gasteiger partial charge in [0.25, 0.3) is 5.91 Å². The topological polar surface area (TPSA) is 81.7 Å². The van der Waals surface area contributed by atoms with E-state index >= 15 is 0 Å². The van der Waals surface area contributed by atoms with Gasteiger partial charge in [0, 0.05) is 18.0 Å². The Labute approximate surface area is 142 Å². The number of thiophene rings is 1. The lowest BCUT2D eigenvalue weighted by atomic mass is 10.1. The number of aryl methyl sites for hydroxylation is 2. The molecule has 0 N–H and O–H groups in total. The minimum Gasteiger partial charge on any atom is -0.333 e. The van der Waals surface area contributed by atoms with Crippen LogP contribution in [0.25, 0.3) is 0 Å². The van der Waals surface area contributed by atoms with Gasteiger partial charge in [0.15, 0.2) is 5.69 Å². The van der Waals surface area contributed by atoms with Crippen LogP contribution >= 0.6 is 11.3 Å². The van der Waals surface area contributed by atoms with Gasteiger partial charge in [-0.3, -0.25) is 4.79 Å². The molecule has 3 aromatic heterocycles. The van der Waals surface area contributed by atoms with Crippen LogP contribution in [0.15, 0.2) is 23.7 Å². The molecule has 24 heavy (non-hydrogen) atoms. The highest BCUT2D eigenvalue weighted by molar-refractivity contribution is 7.09. The molecular weight excluding hydrogens is 326 g/mol. The fourth-order valence-corrected chi connectivity index (χ4v) is 3.55. The summed E-state index contributed by atoms with van der Waals surface area (Å²) in [6, 6.07) is 4.23. The summed E-state index contributed by atoms with van der Waals surface area (Å²) in [4.78, 5) is 19.7. The van der Waals surface area contributed by atoms with Crippen LogP contribution in [-0.4, -0.2) is 53.7 Å². The van der Waals surface area contributed by atoms with E-state index in [0.29, 0.717) is 25.3 Å². The number of hydrogen-bond donors (Lipinski definition) is 0. The Balaban J connectivity index is 1.39. The highest BCUT2D eigenvalue weighted by atomic mass is 32.1. The Kier molecular flexibility index (Phi) is 3.64. The lowest BCUT2D eigenvalue weighted by Crippen LogP contribution is -2.51. The number of aromatic nitrogens is 6. The number of rotatable bonds is 4. The molecule has 1 amide bonds. The first-order valence-electron chi connectivity index (χ1n) is 7.71. The summed E-state index contributed by atoms with van der Waals surface area (Å²) >= 11 is 1.66. The van der Waals surface area contributed by atoms with Gasteiger partial charge in [-0.15, -0.1) is 16.4 Å². The molecular formula is C15H17N7OS. The third kappa shape index (κ3) is 2.71. The zero-order chi connectivity index (χ0) is 16.7. The molecule has 0 unspecified atom stereocenters. The van der Waals surface area contributed by atoms with Crippen molar-refractivity contribution in [1.29, 1.82) is 0 Å². The highest BCUT2D eigenvalue weighted by Crippen LogP contribution is 2.23. The maximum atomic E-state index is 12.5. The molecule has 1 saturated heterocycles.